The van der Waals surface area contributed by atoms with Crippen LogP contribution in [0.5, 0.6) is 11.5 Å². The Morgan fingerprint density at radius 3 is 2.32 bits per heavy atom. The normalized spacial score (nSPS) is 15.7. The minimum Gasteiger partial charge on any atom is -0.490 e. The summed E-state index contributed by atoms with van der Waals surface area (Å²) in [6, 6.07) is 18.6. The van der Waals surface area contributed by atoms with Crippen molar-refractivity contribution in [3.63, 3.8) is 0 Å². The highest BCUT2D eigenvalue weighted by molar-refractivity contribution is 9.10. The van der Waals surface area contributed by atoms with Gasteiger partial charge in [-0.1, -0.05) is 49.2 Å². The molecule has 4 rings (SSSR count). The van der Waals surface area contributed by atoms with E-state index in [-0.39, 0.29) is 11.8 Å². The Balaban J connectivity index is 1.62. The smallest absolute Gasteiger partial charge is 0.266 e. The Morgan fingerprint density at radius 2 is 1.68 bits per heavy atom. The minimum absolute atomic E-state index is 0.0754. The molecule has 0 N–H and O–H groups in total. The predicted molar refractivity (Wildman–Crippen MR) is 162 cm³/mol. The van der Waals surface area contributed by atoms with Crippen molar-refractivity contribution in [2.24, 2.45) is 10.9 Å². The van der Waals surface area contributed by atoms with Crippen LogP contribution >= 0.6 is 50.9 Å². The maximum atomic E-state index is 13.4. The third-order valence-corrected chi connectivity index (χ3v) is 7.51. The fourth-order valence-corrected chi connectivity index (χ4v) is 5.54. The maximum Gasteiger partial charge on any atom is 0.266 e. The summed E-state index contributed by atoms with van der Waals surface area (Å²) in [5.74, 6) is 1.40. The number of carbonyl (C=O) groups is 1. The van der Waals surface area contributed by atoms with E-state index >= 15 is 0 Å². The lowest BCUT2D eigenvalue weighted by Crippen LogP contribution is -2.32. The first-order valence-corrected chi connectivity index (χ1v) is 14.5. The SMILES string of the molecule is CCOc1cc(/C=C2\SC(=Nc3ccc(Cl)cc3)N(CC(C)C)C2=O)cc(Br)c1OCc1ccc(Cl)cc1. The van der Waals surface area contributed by atoms with Gasteiger partial charge in [0, 0.05) is 16.6 Å². The molecule has 38 heavy (non-hydrogen) atoms. The zero-order valence-electron chi connectivity index (χ0n) is 21.2. The summed E-state index contributed by atoms with van der Waals surface area (Å²) in [7, 11) is 0. The van der Waals surface area contributed by atoms with Crippen LogP contribution < -0.4 is 9.47 Å². The molecule has 0 aliphatic carbocycles. The van der Waals surface area contributed by atoms with Crippen LogP contribution in [0.2, 0.25) is 10.0 Å². The Morgan fingerprint density at radius 1 is 1.03 bits per heavy atom. The Hall–Kier alpha value is -2.45. The van der Waals surface area contributed by atoms with E-state index in [4.69, 9.17) is 37.7 Å². The summed E-state index contributed by atoms with van der Waals surface area (Å²) in [5, 5.41) is 1.96. The van der Waals surface area contributed by atoms with E-state index < -0.39 is 0 Å². The molecule has 1 fully saturated rings. The van der Waals surface area contributed by atoms with Crippen molar-refractivity contribution in [1.82, 2.24) is 4.90 Å². The molecular weight excluding hydrogens is 607 g/mol. The van der Waals surface area contributed by atoms with Gasteiger partial charge in [0.1, 0.15) is 6.61 Å². The van der Waals surface area contributed by atoms with Crippen molar-refractivity contribution in [2.75, 3.05) is 13.2 Å². The third kappa shape index (κ3) is 7.35. The van der Waals surface area contributed by atoms with E-state index in [9.17, 15) is 4.79 Å². The van der Waals surface area contributed by atoms with Gasteiger partial charge < -0.3 is 9.47 Å². The Labute approximate surface area is 246 Å². The maximum absolute atomic E-state index is 13.4. The number of amides is 1. The molecule has 0 unspecified atom stereocenters. The van der Waals surface area contributed by atoms with E-state index in [0.717, 1.165) is 21.3 Å². The molecule has 9 heteroatoms. The van der Waals surface area contributed by atoms with E-state index in [1.165, 1.54) is 11.8 Å². The molecule has 3 aromatic rings. The molecule has 1 aliphatic rings. The number of halogens is 3. The lowest BCUT2D eigenvalue weighted by atomic mass is 10.1. The van der Waals surface area contributed by atoms with Gasteiger partial charge in [0.05, 0.1) is 21.7 Å². The third-order valence-electron chi connectivity index (χ3n) is 5.41. The lowest BCUT2D eigenvalue weighted by molar-refractivity contribution is -0.122. The van der Waals surface area contributed by atoms with Gasteiger partial charge in [-0.25, -0.2) is 4.99 Å². The van der Waals surface area contributed by atoms with E-state index in [0.29, 0.717) is 51.4 Å². The molecule has 0 bridgehead atoms. The molecule has 1 heterocycles. The molecule has 1 amide bonds. The summed E-state index contributed by atoms with van der Waals surface area (Å²) in [6.07, 6.45) is 1.86. The second kappa shape index (κ2) is 13.1. The van der Waals surface area contributed by atoms with Gasteiger partial charge in [-0.15, -0.1) is 0 Å². The van der Waals surface area contributed by atoms with Gasteiger partial charge in [0.25, 0.3) is 5.91 Å². The zero-order valence-corrected chi connectivity index (χ0v) is 25.1. The van der Waals surface area contributed by atoms with E-state index in [1.54, 1.807) is 17.0 Å². The number of carbonyl (C=O) groups excluding carboxylic acids is 1. The number of hydrogen-bond donors (Lipinski definition) is 0. The predicted octanol–water partition coefficient (Wildman–Crippen LogP) is 8.99. The van der Waals surface area contributed by atoms with Gasteiger partial charge in [0.15, 0.2) is 16.7 Å². The van der Waals surface area contributed by atoms with Crippen molar-refractivity contribution < 1.29 is 14.3 Å². The van der Waals surface area contributed by atoms with E-state index in [2.05, 4.69) is 29.8 Å². The van der Waals surface area contributed by atoms with Gasteiger partial charge in [-0.3, -0.25) is 9.69 Å². The van der Waals surface area contributed by atoms with Crippen LogP contribution in [0, 0.1) is 5.92 Å². The van der Waals surface area contributed by atoms with Crippen molar-refractivity contribution in [1.29, 1.82) is 0 Å². The number of benzene rings is 3. The van der Waals surface area contributed by atoms with Gasteiger partial charge in [-0.2, -0.15) is 0 Å². The number of amidine groups is 1. The highest BCUT2D eigenvalue weighted by atomic mass is 79.9. The summed E-state index contributed by atoms with van der Waals surface area (Å²) in [5.41, 5.74) is 2.54. The van der Waals surface area contributed by atoms with Crippen LogP contribution in [-0.4, -0.2) is 29.1 Å². The molecular formula is C29H27BrCl2N2O3S. The zero-order chi connectivity index (χ0) is 27.2. The summed E-state index contributed by atoms with van der Waals surface area (Å²) in [4.78, 5) is 20.5. The summed E-state index contributed by atoms with van der Waals surface area (Å²) in [6.45, 7) is 7.47. The molecule has 0 spiro atoms. The summed E-state index contributed by atoms with van der Waals surface area (Å²) < 4.78 is 12.7. The molecule has 3 aromatic carbocycles. The van der Waals surface area contributed by atoms with Crippen molar-refractivity contribution >= 4 is 73.7 Å². The molecule has 1 aliphatic heterocycles. The number of thioether (sulfide) groups is 1. The van der Waals surface area contributed by atoms with Crippen LogP contribution in [0.25, 0.3) is 6.08 Å². The molecule has 5 nitrogen and oxygen atoms in total. The Bertz CT molecular complexity index is 1360. The number of rotatable bonds is 9. The molecule has 0 aromatic heterocycles. The fraction of sp³-hybridized carbons (Fsp3) is 0.241. The molecule has 1 saturated heterocycles. The average Bonchev–Trinajstić information content (AvgIpc) is 3.14. The van der Waals surface area contributed by atoms with Crippen molar-refractivity contribution in [3.05, 3.63) is 91.2 Å². The molecule has 0 atom stereocenters. The quantitative estimate of drug-likeness (QED) is 0.221. The monoisotopic (exact) mass is 632 g/mol. The van der Waals surface area contributed by atoms with Crippen LogP contribution in [0.15, 0.2) is 75.0 Å². The lowest BCUT2D eigenvalue weighted by Gasteiger charge is -2.17. The standard InChI is InChI=1S/C29H27BrCl2N2O3S/c1-4-36-25-14-20(13-24(30)27(25)37-17-19-5-7-21(31)8-6-19)15-26-28(35)34(16-18(2)3)29(38-26)33-23-11-9-22(32)10-12-23/h5-15,18H,4,16-17H2,1-3H3/b26-15-,33-29?. The van der Waals surface area contributed by atoms with E-state index in [1.807, 2.05) is 61.5 Å². The van der Waals surface area contributed by atoms with Gasteiger partial charge >= 0.3 is 0 Å². The number of nitrogens with zero attached hydrogens (tertiary/aromatic N) is 2. The summed E-state index contributed by atoms with van der Waals surface area (Å²) >= 11 is 17.0. The first-order chi connectivity index (χ1) is 18.2. The highest BCUT2D eigenvalue weighted by Crippen LogP contribution is 2.40. The second-order valence-corrected chi connectivity index (χ2v) is 11.7. The fourth-order valence-electron chi connectivity index (χ4n) is 3.71. The van der Waals surface area contributed by atoms with Crippen LogP contribution in [0.3, 0.4) is 0 Å². The number of hydrogen-bond acceptors (Lipinski definition) is 5. The Kier molecular flexibility index (Phi) is 9.82. The van der Waals surface area contributed by atoms with Crippen LogP contribution in [-0.2, 0) is 11.4 Å². The molecule has 198 valence electrons. The second-order valence-electron chi connectivity index (χ2n) is 8.97. The largest absolute Gasteiger partial charge is 0.490 e. The topological polar surface area (TPSA) is 51.1 Å². The average molecular weight is 634 g/mol. The molecule has 0 radical (unpaired) electrons. The van der Waals surface area contributed by atoms with Crippen molar-refractivity contribution in [3.8, 4) is 11.5 Å². The van der Waals surface area contributed by atoms with Crippen molar-refractivity contribution in [2.45, 2.75) is 27.4 Å². The highest BCUT2D eigenvalue weighted by Gasteiger charge is 2.34. The molecule has 0 saturated carbocycles. The van der Waals surface area contributed by atoms with Crippen LogP contribution in [0.1, 0.15) is 31.9 Å². The van der Waals surface area contributed by atoms with Crippen LogP contribution in [0.4, 0.5) is 5.69 Å². The number of ether oxygens (including phenoxy) is 2. The first kappa shape index (κ1) is 28.6. The van der Waals surface area contributed by atoms with Gasteiger partial charge in [-0.05, 0) is 106 Å². The first-order valence-electron chi connectivity index (χ1n) is 12.1. The number of aliphatic imine (C=N–C) groups is 1. The van der Waals surface area contributed by atoms with Gasteiger partial charge in [0.2, 0.25) is 0 Å². The minimum atomic E-state index is -0.0754.